The quantitative estimate of drug-likeness (QED) is 0.241. The van der Waals surface area contributed by atoms with Crippen molar-refractivity contribution < 1.29 is 18.8 Å². The number of nitrogens with zero attached hydrogens (tertiary/aromatic N) is 3. The van der Waals surface area contributed by atoms with E-state index in [9.17, 15) is 19.2 Å². The number of anilines is 1. The lowest BCUT2D eigenvalue weighted by atomic mass is 10.1. The van der Waals surface area contributed by atoms with Crippen molar-refractivity contribution in [2.45, 2.75) is 39.7 Å². The number of benzene rings is 4. The molecule has 0 spiro atoms. The molecule has 0 unspecified atom stereocenters. The van der Waals surface area contributed by atoms with Crippen LogP contribution in [0.15, 0.2) is 100 Å². The minimum atomic E-state index is -0.596. The largest absolute Gasteiger partial charge is 0.451 e. The molecule has 0 saturated carbocycles. The van der Waals surface area contributed by atoms with Crippen molar-refractivity contribution in [3.63, 3.8) is 0 Å². The van der Waals surface area contributed by atoms with Crippen LogP contribution < -0.4 is 15.6 Å². The molecule has 1 N–H and O–H groups in total. The molecule has 0 aliphatic carbocycles. The van der Waals surface area contributed by atoms with Gasteiger partial charge in [0.25, 0.3) is 5.91 Å². The number of fused-ring (bicyclic) bond motifs is 2. The number of hydrogen-bond acceptors (Lipinski definition) is 6. The lowest BCUT2D eigenvalue weighted by Gasteiger charge is -2.37. The topological polar surface area (TPSA) is 103 Å². The van der Waals surface area contributed by atoms with Crippen molar-refractivity contribution in [3.8, 4) is 0 Å². The van der Waals surface area contributed by atoms with Crippen LogP contribution in [0.2, 0.25) is 0 Å². The SMILES string of the molecule is CCc1ccc2oc(C(=O)NCC(=O)N3CCN(c4ccccc4CN4CCCC4=O)CC3)cc(=O)c2c1.Cc1ccc2ccccc2c1. The van der Waals surface area contributed by atoms with Crippen molar-refractivity contribution in [2.75, 3.05) is 44.2 Å². The van der Waals surface area contributed by atoms with E-state index < -0.39 is 5.91 Å². The number of piperazine rings is 1. The summed E-state index contributed by atoms with van der Waals surface area (Å²) in [5.74, 6) is -0.700. The summed E-state index contributed by atoms with van der Waals surface area (Å²) in [7, 11) is 0. The number of hydrogen-bond donors (Lipinski definition) is 1. The molecule has 252 valence electrons. The van der Waals surface area contributed by atoms with Crippen molar-refractivity contribution in [2.24, 2.45) is 0 Å². The third-order valence-corrected chi connectivity index (χ3v) is 9.23. The highest BCUT2D eigenvalue weighted by atomic mass is 16.3. The highest BCUT2D eigenvalue weighted by Gasteiger charge is 2.25. The minimum Gasteiger partial charge on any atom is -0.451 e. The minimum absolute atomic E-state index is 0.113. The van der Waals surface area contributed by atoms with Crippen molar-refractivity contribution in [3.05, 3.63) is 124 Å². The molecule has 2 aliphatic heterocycles. The van der Waals surface area contributed by atoms with Crippen LogP contribution in [0.4, 0.5) is 5.69 Å². The summed E-state index contributed by atoms with van der Waals surface area (Å²) in [6.45, 7) is 7.70. The number of carbonyl (C=O) groups is 3. The van der Waals surface area contributed by atoms with Crippen LogP contribution in [0.5, 0.6) is 0 Å². The second-order valence-corrected chi connectivity index (χ2v) is 12.6. The number of amides is 3. The summed E-state index contributed by atoms with van der Waals surface area (Å²) in [4.78, 5) is 55.9. The molecule has 9 nitrogen and oxygen atoms in total. The fraction of sp³-hybridized carbons (Fsp3) is 0.300. The molecular weight excluding hydrogens is 616 g/mol. The number of aryl methyl sites for hydroxylation is 2. The van der Waals surface area contributed by atoms with E-state index >= 15 is 0 Å². The normalized spacial score (nSPS) is 14.6. The molecule has 2 saturated heterocycles. The van der Waals surface area contributed by atoms with Gasteiger partial charge in [-0.2, -0.15) is 0 Å². The van der Waals surface area contributed by atoms with Gasteiger partial charge in [-0.05, 0) is 59.9 Å². The first kappa shape index (κ1) is 33.5. The number of carbonyl (C=O) groups excluding carboxylic acids is 3. The van der Waals surface area contributed by atoms with E-state index in [4.69, 9.17) is 4.42 Å². The van der Waals surface area contributed by atoms with Crippen LogP contribution in [0, 0.1) is 6.92 Å². The van der Waals surface area contributed by atoms with Crippen molar-refractivity contribution in [1.82, 2.24) is 15.1 Å². The van der Waals surface area contributed by atoms with Gasteiger partial charge in [0, 0.05) is 57.4 Å². The van der Waals surface area contributed by atoms with E-state index in [1.807, 2.05) is 30.0 Å². The van der Waals surface area contributed by atoms with Gasteiger partial charge >= 0.3 is 0 Å². The van der Waals surface area contributed by atoms with Gasteiger partial charge in [-0.25, -0.2) is 0 Å². The molecule has 5 aromatic rings. The lowest BCUT2D eigenvalue weighted by molar-refractivity contribution is -0.130. The van der Waals surface area contributed by atoms with Crippen LogP contribution in [0.3, 0.4) is 0 Å². The van der Waals surface area contributed by atoms with Gasteiger partial charge in [-0.3, -0.25) is 19.2 Å². The maximum absolute atomic E-state index is 12.8. The fourth-order valence-electron chi connectivity index (χ4n) is 6.43. The van der Waals surface area contributed by atoms with Gasteiger partial charge in [0.05, 0.1) is 11.9 Å². The number of likely N-dealkylation sites (tertiary alicyclic amines) is 1. The Morgan fingerprint density at radius 3 is 2.33 bits per heavy atom. The Bertz CT molecular complexity index is 2050. The average molecular weight is 659 g/mol. The van der Waals surface area contributed by atoms with Crippen LogP contribution in [0.1, 0.15) is 47.0 Å². The van der Waals surface area contributed by atoms with E-state index in [0.29, 0.717) is 50.1 Å². The van der Waals surface area contributed by atoms with Crippen LogP contribution in [0.25, 0.3) is 21.7 Å². The Morgan fingerprint density at radius 1 is 0.816 bits per heavy atom. The third-order valence-electron chi connectivity index (χ3n) is 9.23. The van der Waals surface area contributed by atoms with Gasteiger partial charge in [0.2, 0.25) is 11.8 Å². The van der Waals surface area contributed by atoms with Crippen LogP contribution in [-0.4, -0.2) is 66.8 Å². The zero-order valence-corrected chi connectivity index (χ0v) is 28.1. The first-order valence-corrected chi connectivity index (χ1v) is 17.0. The molecule has 0 atom stereocenters. The van der Waals surface area contributed by atoms with E-state index in [0.717, 1.165) is 36.2 Å². The second kappa shape index (κ2) is 15.2. The summed E-state index contributed by atoms with van der Waals surface area (Å²) in [5.41, 5.74) is 4.59. The van der Waals surface area contributed by atoms with E-state index in [2.05, 4.69) is 71.7 Å². The molecule has 0 bridgehead atoms. The Hall–Kier alpha value is -5.44. The molecule has 3 amide bonds. The van der Waals surface area contributed by atoms with E-state index in [1.165, 1.54) is 22.4 Å². The predicted octanol–water partition coefficient (Wildman–Crippen LogP) is 5.70. The fourth-order valence-corrected chi connectivity index (χ4v) is 6.43. The van der Waals surface area contributed by atoms with Crippen molar-refractivity contribution >= 4 is 45.2 Å². The molecule has 2 aliphatic rings. The standard InChI is InChI=1S/C29H32N4O5.C11H10/c1-2-20-9-10-25-22(16-20)24(34)17-26(38-25)29(37)30-18-28(36)32-14-12-31(13-15-32)23-7-4-3-6-21(23)19-33-11-5-8-27(33)35;1-9-6-7-10-4-2-3-5-11(10)8-9/h3-4,6-7,9-10,16-17H,2,5,8,11-15,18-19H2,1H3,(H,30,37);2-8H,1H3. The van der Waals surface area contributed by atoms with Gasteiger partial charge in [-0.15, -0.1) is 0 Å². The van der Waals surface area contributed by atoms with Crippen molar-refractivity contribution in [1.29, 1.82) is 0 Å². The monoisotopic (exact) mass is 658 g/mol. The maximum atomic E-state index is 12.8. The number of nitrogens with one attached hydrogen (secondary N) is 1. The van der Waals surface area contributed by atoms with Gasteiger partial charge in [0.15, 0.2) is 11.2 Å². The molecule has 7 rings (SSSR count). The summed E-state index contributed by atoms with van der Waals surface area (Å²) >= 11 is 0. The maximum Gasteiger partial charge on any atom is 0.287 e. The summed E-state index contributed by atoms with van der Waals surface area (Å²) in [6, 6.07) is 29.5. The Morgan fingerprint density at radius 2 is 1.57 bits per heavy atom. The highest BCUT2D eigenvalue weighted by Crippen LogP contribution is 2.25. The van der Waals surface area contributed by atoms with Crippen LogP contribution in [-0.2, 0) is 22.6 Å². The average Bonchev–Trinajstić information content (AvgIpc) is 3.54. The Balaban J connectivity index is 0.000000319. The van der Waals surface area contributed by atoms with Gasteiger partial charge in [-0.1, -0.05) is 79.2 Å². The first-order chi connectivity index (χ1) is 23.8. The highest BCUT2D eigenvalue weighted by molar-refractivity contribution is 5.95. The molecule has 1 aromatic heterocycles. The van der Waals surface area contributed by atoms with E-state index in [-0.39, 0.29) is 29.5 Å². The Kier molecular flexibility index (Phi) is 10.4. The molecule has 49 heavy (non-hydrogen) atoms. The lowest BCUT2D eigenvalue weighted by Crippen LogP contribution is -2.51. The molecule has 0 radical (unpaired) electrons. The smallest absolute Gasteiger partial charge is 0.287 e. The molecular formula is C40H42N4O5. The van der Waals surface area contributed by atoms with Gasteiger partial charge < -0.3 is 24.4 Å². The predicted molar refractivity (Wildman–Crippen MR) is 193 cm³/mol. The summed E-state index contributed by atoms with van der Waals surface area (Å²) in [5, 5.41) is 5.67. The zero-order chi connectivity index (χ0) is 34.3. The third kappa shape index (κ3) is 8.00. The summed E-state index contributed by atoms with van der Waals surface area (Å²) < 4.78 is 5.64. The molecule has 9 heteroatoms. The van der Waals surface area contributed by atoms with Gasteiger partial charge in [0.1, 0.15) is 5.58 Å². The van der Waals surface area contributed by atoms with Crippen LogP contribution >= 0.6 is 0 Å². The Labute approximate surface area is 286 Å². The molecule has 2 fully saturated rings. The number of para-hydroxylation sites is 1. The first-order valence-electron chi connectivity index (χ1n) is 17.0. The number of rotatable bonds is 7. The molecule has 4 aromatic carbocycles. The molecule has 3 heterocycles. The second-order valence-electron chi connectivity index (χ2n) is 12.6. The van der Waals surface area contributed by atoms with E-state index in [1.54, 1.807) is 17.0 Å². The zero-order valence-electron chi connectivity index (χ0n) is 28.1. The summed E-state index contributed by atoms with van der Waals surface area (Å²) in [6.07, 6.45) is 2.32.